The lowest BCUT2D eigenvalue weighted by Gasteiger charge is -2.09. The van der Waals surface area contributed by atoms with Crippen LogP contribution < -0.4 is 16.3 Å². The van der Waals surface area contributed by atoms with Crippen LogP contribution in [0.5, 0.6) is 0 Å². The Kier molecular flexibility index (Phi) is 4.51. The number of hydrogen-bond acceptors (Lipinski definition) is 4. The maximum atomic E-state index is 12.3. The zero-order chi connectivity index (χ0) is 17.9. The fraction of sp³-hybridized carbons (Fsp3) is 0.200. The first-order chi connectivity index (χ1) is 12.7. The van der Waals surface area contributed by atoms with Gasteiger partial charge in [-0.15, -0.1) is 0 Å². The fourth-order valence-electron chi connectivity index (χ4n) is 3.19. The molecule has 0 radical (unpaired) electrons. The molecular formula is C20H21N5O. The van der Waals surface area contributed by atoms with E-state index in [0.29, 0.717) is 6.42 Å². The van der Waals surface area contributed by atoms with Crippen LogP contribution in [0.1, 0.15) is 29.2 Å². The van der Waals surface area contributed by atoms with Crippen LogP contribution in [0.25, 0.3) is 10.9 Å². The molecule has 0 bridgehead atoms. The maximum absolute atomic E-state index is 12.3. The molecule has 2 heterocycles. The van der Waals surface area contributed by atoms with Crippen LogP contribution in [0.15, 0.2) is 59.8 Å². The molecule has 6 heteroatoms. The van der Waals surface area contributed by atoms with Crippen molar-refractivity contribution in [2.45, 2.75) is 25.4 Å². The van der Waals surface area contributed by atoms with Gasteiger partial charge in [0.15, 0.2) is 0 Å². The van der Waals surface area contributed by atoms with Crippen LogP contribution in [0.3, 0.4) is 0 Å². The summed E-state index contributed by atoms with van der Waals surface area (Å²) in [5, 5.41) is 5.18. The van der Waals surface area contributed by atoms with E-state index >= 15 is 0 Å². The third-order valence-electron chi connectivity index (χ3n) is 4.70. The van der Waals surface area contributed by atoms with Crippen molar-refractivity contribution in [1.29, 1.82) is 0 Å². The number of para-hydroxylation sites is 1. The van der Waals surface area contributed by atoms with Crippen molar-refractivity contribution in [1.82, 2.24) is 21.3 Å². The predicted octanol–water partition coefficient (Wildman–Crippen LogP) is 2.53. The molecule has 1 aliphatic heterocycles. The lowest BCUT2D eigenvalue weighted by Crippen LogP contribution is -2.41. The highest BCUT2D eigenvalue weighted by molar-refractivity contribution is 5.99. The molecule has 2 atom stereocenters. The summed E-state index contributed by atoms with van der Waals surface area (Å²) in [6, 6.07) is 16.1. The number of aromatic nitrogens is 1. The third-order valence-corrected chi connectivity index (χ3v) is 4.70. The van der Waals surface area contributed by atoms with Gasteiger partial charge in [0.1, 0.15) is 6.04 Å². The molecule has 0 aliphatic carbocycles. The zero-order valence-corrected chi connectivity index (χ0v) is 14.5. The van der Waals surface area contributed by atoms with Gasteiger partial charge in [-0.1, -0.05) is 48.0 Å². The molecule has 1 saturated heterocycles. The summed E-state index contributed by atoms with van der Waals surface area (Å²) >= 11 is 0. The highest BCUT2D eigenvalue weighted by Crippen LogP contribution is 2.22. The smallest absolute Gasteiger partial charge is 0.258 e. The van der Waals surface area contributed by atoms with Gasteiger partial charge in [-0.25, -0.2) is 16.3 Å². The summed E-state index contributed by atoms with van der Waals surface area (Å²) < 4.78 is 0. The molecule has 1 amide bonds. The highest BCUT2D eigenvalue weighted by atomic mass is 16.2. The Morgan fingerprint density at radius 2 is 1.96 bits per heavy atom. The number of fused-ring (bicyclic) bond motifs is 1. The second kappa shape index (κ2) is 7.11. The average Bonchev–Trinajstić information content (AvgIpc) is 3.30. The van der Waals surface area contributed by atoms with Crippen molar-refractivity contribution in [2.24, 2.45) is 5.10 Å². The summed E-state index contributed by atoms with van der Waals surface area (Å²) in [4.78, 5) is 15.5. The van der Waals surface area contributed by atoms with E-state index in [-0.39, 0.29) is 18.0 Å². The molecule has 1 fully saturated rings. The van der Waals surface area contributed by atoms with Gasteiger partial charge in [0.25, 0.3) is 5.91 Å². The average molecular weight is 347 g/mol. The number of benzene rings is 2. The summed E-state index contributed by atoms with van der Waals surface area (Å²) in [7, 11) is 0. The number of aromatic amines is 1. The molecule has 1 aromatic heterocycles. The quantitative estimate of drug-likeness (QED) is 0.432. The predicted molar refractivity (Wildman–Crippen MR) is 103 cm³/mol. The fourth-order valence-corrected chi connectivity index (χ4v) is 3.19. The Morgan fingerprint density at radius 3 is 2.81 bits per heavy atom. The van der Waals surface area contributed by atoms with Crippen LogP contribution in [0, 0.1) is 6.92 Å². The number of carbonyl (C=O) groups is 1. The van der Waals surface area contributed by atoms with Crippen molar-refractivity contribution < 1.29 is 4.79 Å². The van der Waals surface area contributed by atoms with E-state index in [1.165, 1.54) is 11.1 Å². The van der Waals surface area contributed by atoms with Crippen LogP contribution in [0.2, 0.25) is 0 Å². The number of hydrazine groups is 1. The second-order valence-corrected chi connectivity index (χ2v) is 6.56. The Hall–Kier alpha value is -2.96. The SMILES string of the molecule is Cc1ccc(C2CC(C(=O)N/N=C/c3c[nH]c4ccccc34)NN2)cc1. The lowest BCUT2D eigenvalue weighted by atomic mass is 10.0. The van der Waals surface area contributed by atoms with Crippen molar-refractivity contribution in [3.8, 4) is 0 Å². The van der Waals surface area contributed by atoms with Crippen molar-refractivity contribution in [2.75, 3.05) is 0 Å². The van der Waals surface area contributed by atoms with E-state index in [0.717, 1.165) is 16.5 Å². The monoisotopic (exact) mass is 347 g/mol. The minimum absolute atomic E-state index is 0.115. The topological polar surface area (TPSA) is 81.3 Å². The van der Waals surface area contributed by atoms with Gasteiger partial charge in [0, 0.05) is 28.7 Å². The van der Waals surface area contributed by atoms with E-state index in [4.69, 9.17) is 0 Å². The Bertz CT molecular complexity index is 944. The molecule has 0 saturated carbocycles. The molecule has 4 rings (SSSR count). The molecule has 4 N–H and O–H groups in total. The number of aryl methyl sites for hydroxylation is 1. The van der Waals surface area contributed by atoms with Gasteiger partial charge in [-0.2, -0.15) is 5.10 Å². The Labute approximate surface area is 151 Å². The number of hydrazone groups is 1. The van der Waals surface area contributed by atoms with E-state index in [1.807, 2.05) is 30.5 Å². The van der Waals surface area contributed by atoms with Gasteiger partial charge in [0.05, 0.1) is 6.21 Å². The highest BCUT2D eigenvalue weighted by Gasteiger charge is 2.29. The van der Waals surface area contributed by atoms with Gasteiger partial charge in [-0.05, 0) is 25.0 Å². The standard InChI is InChI=1S/C20H21N5O/c1-13-6-8-14(9-7-13)18-10-19(24-23-18)20(26)25-22-12-15-11-21-17-5-3-2-4-16(15)17/h2-9,11-12,18-19,21,23-24H,10H2,1H3,(H,25,26)/b22-12+. The number of carbonyl (C=O) groups excluding carboxylic acids is 1. The van der Waals surface area contributed by atoms with E-state index in [9.17, 15) is 4.79 Å². The second-order valence-electron chi connectivity index (χ2n) is 6.56. The molecule has 132 valence electrons. The summed E-state index contributed by atoms with van der Waals surface area (Å²) in [6.07, 6.45) is 4.22. The largest absolute Gasteiger partial charge is 0.361 e. The van der Waals surface area contributed by atoms with Crippen LogP contribution in [-0.4, -0.2) is 23.1 Å². The minimum atomic E-state index is -0.318. The van der Waals surface area contributed by atoms with E-state index in [2.05, 4.69) is 57.6 Å². The first-order valence-corrected chi connectivity index (χ1v) is 8.67. The van der Waals surface area contributed by atoms with Crippen LogP contribution in [0.4, 0.5) is 0 Å². The van der Waals surface area contributed by atoms with Crippen molar-refractivity contribution in [3.05, 3.63) is 71.4 Å². The van der Waals surface area contributed by atoms with Crippen molar-refractivity contribution >= 4 is 23.0 Å². The molecule has 3 aromatic rings. The Balaban J connectivity index is 1.36. The minimum Gasteiger partial charge on any atom is -0.361 e. The molecule has 2 unspecified atom stereocenters. The Morgan fingerprint density at radius 1 is 1.15 bits per heavy atom. The van der Waals surface area contributed by atoms with Gasteiger partial charge in [-0.3, -0.25) is 4.79 Å². The van der Waals surface area contributed by atoms with Crippen LogP contribution in [-0.2, 0) is 4.79 Å². The molecule has 26 heavy (non-hydrogen) atoms. The lowest BCUT2D eigenvalue weighted by molar-refractivity contribution is -0.122. The molecule has 6 nitrogen and oxygen atoms in total. The number of H-pyrrole nitrogens is 1. The first kappa shape index (κ1) is 16.5. The first-order valence-electron chi connectivity index (χ1n) is 8.67. The summed E-state index contributed by atoms with van der Waals surface area (Å²) in [5.74, 6) is -0.150. The number of hydrogen-bond donors (Lipinski definition) is 4. The number of nitrogens with one attached hydrogen (secondary N) is 4. The van der Waals surface area contributed by atoms with Gasteiger partial charge >= 0.3 is 0 Å². The molecule has 1 aliphatic rings. The van der Waals surface area contributed by atoms with E-state index < -0.39 is 0 Å². The number of nitrogens with zero attached hydrogens (tertiary/aromatic N) is 1. The number of amides is 1. The van der Waals surface area contributed by atoms with Crippen LogP contribution >= 0.6 is 0 Å². The zero-order valence-electron chi connectivity index (χ0n) is 14.5. The molecule has 2 aromatic carbocycles. The molecular weight excluding hydrogens is 326 g/mol. The van der Waals surface area contributed by atoms with Crippen molar-refractivity contribution in [3.63, 3.8) is 0 Å². The summed E-state index contributed by atoms with van der Waals surface area (Å²) in [5.41, 5.74) is 13.2. The summed E-state index contributed by atoms with van der Waals surface area (Å²) in [6.45, 7) is 2.06. The molecule has 0 spiro atoms. The normalized spacial score (nSPS) is 20.0. The third kappa shape index (κ3) is 3.37. The van der Waals surface area contributed by atoms with E-state index in [1.54, 1.807) is 6.21 Å². The maximum Gasteiger partial charge on any atom is 0.258 e. The van der Waals surface area contributed by atoms with Gasteiger partial charge in [0.2, 0.25) is 0 Å². The number of rotatable bonds is 4. The van der Waals surface area contributed by atoms with Gasteiger partial charge < -0.3 is 4.98 Å².